The van der Waals surface area contributed by atoms with E-state index in [9.17, 15) is 15.8 Å². The van der Waals surface area contributed by atoms with Gasteiger partial charge in [-0.2, -0.15) is 15.8 Å². The second-order valence-corrected chi connectivity index (χ2v) is 7.50. The van der Waals surface area contributed by atoms with Gasteiger partial charge in [-0.15, -0.1) is 0 Å². The van der Waals surface area contributed by atoms with Gasteiger partial charge < -0.3 is 9.47 Å². The summed E-state index contributed by atoms with van der Waals surface area (Å²) in [6.07, 6.45) is 9.94. The van der Waals surface area contributed by atoms with E-state index in [2.05, 4.69) is 6.07 Å². The fourth-order valence-corrected chi connectivity index (χ4v) is 4.78. The quantitative estimate of drug-likeness (QED) is 0.720. The van der Waals surface area contributed by atoms with Crippen LogP contribution in [0, 0.1) is 56.2 Å². The second-order valence-electron chi connectivity index (χ2n) is 7.50. The van der Waals surface area contributed by atoms with Gasteiger partial charge in [-0.1, -0.05) is 44.9 Å². The summed E-state index contributed by atoms with van der Waals surface area (Å²) in [4.78, 5) is 0. The van der Waals surface area contributed by atoms with Crippen molar-refractivity contribution in [1.82, 2.24) is 0 Å². The highest BCUT2D eigenvalue weighted by Crippen LogP contribution is 2.62. The summed E-state index contributed by atoms with van der Waals surface area (Å²) in [5.41, 5.74) is -3.21. The Hall–Kier alpha value is -2.10. The van der Waals surface area contributed by atoms with E-state index in [-0.39, 0.29) is 12.5 Å². The zero-order valence-electron chi connectivity index (χ0n) is 14.5. The first-order valence-corrected chi connectivity index (χ1v) is 9.26. The molecule has 3 fully saturated rings. The van der Waals surface area contributed by atoms with E-state index in [0.29, 0.717) is 12.8 Å². The molecule has 2 aliphatic heterocycles. The molecule has 1 saturated carbocycles. The van der Waals surface area contributed by atoms with Gasteiger partial charge in [0.1, 0.15) is 0 Å². The predicted molar refractivity (Wildman–Crippen MR) is 88.9 cm³/mol. The van der Waals surface area contributed by atoms with Crippen LogP contribution in [-0.2, 0) is 9.47 Å². The molecule has 2 heterocycles. The first-order valence-electron chi connectivity index (χ1n) is 9.26. The van der Waals surface area contributed by atoms with Crippen molar-refractivity contribution in [2.45, 2.75) is 70.0 Å². The molecule has 0 spiro atoms. The van der Waals surface area contributed by atoms with Crippen molar-refractivity contribution in [3.63, 3.8) is 0 Å². The monoisotopic (exact) mass is 340 g/mol. The van der Waals surface area contributed by atoms with E-state index in [1.807, 2.05) is 12.1 Å². The number of hydrogen-bond donors (Lipinski definition) is 1. The highest BCUT2D eigenvalue weighted by Gasteiger charge is 2.76. The molecule has 0 aromatic heterocycles. The first-order chi connectivity index (χ1) is 12.1. The molecular formula is C19H24N4O2. The van der Waals surface area contributed by atoms with Gasteiger partial charge >= 0.3 is 0 Å². The minimum absolute atomic E-state index is 0.174. The maximum absolute atomic E-state index is 10.0. The Balaban J connectivity index is 2.03. The maximum Gasteiger partial charge on any atom is 0.217 e. The van der Waals surface area contributed by atoms with Gasteiger partial charge in [0.15, 0.2) is 10.8 Å². The molecule has 6 heteroatoms. The lowest BCUT2D eigenvalue weighted by molar-refractivity contribution is -0.252. The van der Waals surface area contributed by atoms with E-state index < -0.39 is 22.5 Å². The average Bonchev–Trinajstić information content (AvgIpc) is 2.79. The number of nitrogens with zero attached hydrogens (tertiary/aromatic N) is 3. The maximum atomic E-state index is 10.0. The van der Waals surface area contributed by atoms with Crippen LogP contribution in [0.5, 0.6) is 0 Å². The molecule has 132 valence electrons. The SMILES string of the molecule is N#CC1(C#N)COC23CCCCCCCCCCC2C1(C#N)C(=N)O3. The molecule has 0 aromatic carbocycles. The van der Waals surface area contributed by atoms with Crippen LogP contribution in [0.4, 0.5) is 0 Å². The first kappa shape index (κ1) is 17.7. The molecule has 1 aliphatic carbocycles. The number of ether oxygens (including phenoxy) is 2. The molecule has 1 N–H and O–H groups in total. The van der Waals surface area contributed by atoms with Crippen molar-refractivity contribution in [2.24, 2.45) is 16.7 Å². The lowest BCUT2D eigenvalue weighted by atomic mass is 9.55. The van der Waals surface area contributed by atoms with Gasteiger partial charge in [0, 0.05) is 6.42 Å². The van der Waals surface area contributed by atoms with Crippen LogP contribution in [0.2, 0.25) is 0 Å². The van der Waals surface area contributed by atoms with Gasteiger partial charge in [-0.05, 0) is 12.8 Å². The third kappa shape index (κ3) is 2.42. The zero-order valence-corrected chi connectivity index (χ0v) is 14.5. The zero-order chi connectivity index (χ0) is 18.0. The lowest BCUT2D eigenvalue weighted by Gasteiger charge is -2.45. The summed E-state index contributed by atoms with van der Waals surface area (Å²) in [6, 6.07) is 6.19. The van der Waals surface area contributed by atoms with Crippen molar-refractivity contribution in [1.29, 1.82) is 21.2 Å². The molecule has 0 aromatic rings. The normalized spacial score (nSPS) is 37.8. The Bertz CT molecular complexity index is 656. The Morgan fingerprint density at radius 3 is 2.08 bits per heavy atom. The molecule has 3 atom stereocenters. The van der Waals surface area contributed by atoms with Crippen molar-refractivity contribution < 1.29 is 9.47 Å². The van der Waals surface area contributed by atoms with E-state index >= 15 is 0 Å². The summed E-state index contributed by atoms with van der Waals surface area (Å²) in [5, 5.41) is 37.9. The summed E-state index contributed by atoms with van der Waals surface area (Å²) in [6.45, 7) is -0.174. The van der Waals surface area contributed by atoms with E-state index in [0.717, 1.165) is 32.1 Å². The summed E-state index contributed by atoms with van der Waals surface area (Å²) < 4.78 is 11.9. The number of nitriles is 3. The van der Waals surface area contributed by atoms with Crippen molar-refractivity contribution in [3.05, 3.63) is 0 Å². The average molecular weight is 340 g/mol. The van der Waals surface area contributed by atoms with E-state index in [1.54, 1.807) is 0 Å². The topological polar surface area (TPSA) is 114 Å². The highest BCUT2D eigenvalue weighted by atomic mass is 16.7. The van der Waals surface area contributed by atoms with Crippen LogP contribution in [0.25, 0.3) is 0 Å². The standard InChI is InChI=1S/C19H24N4O2/c20-11-17(12-21)14-24-19-10-8-6-4-2-1-3-5-7-9-15(19)18(17,13-22)16(23)25-19/h15,23H,1-10,14H2. The molecule has 0 amide bonds. The van der Waals surface area contributed by atoms with Gasteiger partial charge in [-0.3, -0.25) is 5.41 Å². The molecule has 2 bridgehead atoms. The minimum Gasteiger partial charge on any atom is -0.447 e. The van der Waals surface area contributed by atoms with Crippen molar-refractivity contribution in [2.75, 3.05) is 6.61 Å². The molecule has 0 radical (unpaired) electrons. The van der Waals surface area contributed by atoms with Crippen molar-refractivity contribution in [3.8, 4) is 18.2 Å². The Labute approximate surface area is 148 Å². The van der Waals surface area contributed by atoms with Gasteiger partial charge in [-0.25, -0.2) is 0 Å². The van der Waals surface area contributed by atoms with E-state index in [1.165, 1.54) is 19.3 Å². The summed E-state index contributed by atoms with van der Waals surface area (Å²) in [5.74, 6) is -1.72. The smallest absolute Gasteiger partial charge is 0.217 e. The van der Waals surface area contributed by atoms with Crippen molar-refractivity contribution >= 4 is 5.90 Å². The lowest BCUT2D eigenvalue weighted by Crippen LogP contribution is -2.58. The third-order valence-corrected chi connectivity index (χ3v) is 6.22. The highest BCUT2D eigenvalue weighted by molar-refractivity contribution is 5.88. The number of nitrogens with one attached hydrogen (secondary N) is 1. The van der Waals surface area contributed by atoms with Gasteiger partial charge in [0.25, 0.3) is 0 Å². The van der Waals surface area contributed by atoms with Gasteiger partial charge in [0.05, 0.1) is 30.7 Å². The fourth-order valence-electron chi connectivity index (χ4n) is 4.78. The van der Waals surface area contributed by atoms with E-state index in [4.69, 9.17) is 14.9 Å². The Kier molecular flexibility index (Phi) is 4.72. The third-order valence-electron chi connectivity index (χ3n) is 6.22. The molecule has 6 nitrogen and oxygen atoms in total. The van der Waals surface area contributed by atoms with Crippen LogP contribution in [0.3, 0.4) is 0 Å². The molecule has 3 aliphatic rings. The predicted octanol–water partition coefficient (Wildman–Crippen LogP) is 3.79. The Morgan fingerprint density at radius 1 is 0.880 bits per heavy atom. The molecule has 3 unspecified atom stereocenters. The molecule has 3 rings (SSSR count). The number of hydrogen-bond acceptors (Lipinski definition) is 6. The molecule has 25 heavy (non-hydrogen) atoms. The second kappa shape index (κ2) is 6.66. The van der Waals surface area contributed by atoms with Crippen LogP contribution >= 0.6 is 0 Å². The Morgan fingerprint density at radius 2 is 1.48 bits per heavy atom. The summed E-state index contributed by atoms with van der Waals surface area (Å²) >= 11 is 0. The molecule has 2 saturated heterocycles. The van der Waals surface area contributed by atoms with Crippen LogP contribution in [-0.4, -0.2) is 18.3 Å². The van der Waals surface area contributed by atoms with Crippen LogP contribution in [0.1, 0.15) is 64.2 Å². The van der Waals surface area contributed by atoms with Gasteiger partial charge in [0.2, 0.25) is 11.7 Å². The van der Waals surface area contributed by atoms with Crippen LogP contribution < -0.4 is 0 Å². The largest absolute Gasteiger partial charge is 0.447 e. The minimum atomic E-state index is -1.68. The number of rotatable bonds is 0. The van der Waals surface area contributed by atoms with Crippen LogP contribution in [0.15, 0.2) is 0 Å². The molecular weight excluding hydrogens is 316 g/mol. The summed E-state index contributed by atoms with van der Waals surface area (Å²) in [7, 11) is 0. The fraction of sp³-hybridized carbons (Fsp3) is 0.789.